The number of nitrogens with zero attached hydrogens (tertiary/aromatic N) is 2. The van der Waals surface area contributed by atoms with Crippen LogP contribution >= 0.6 is 11.8 Å². The first-order valence-corrected chi connectivity index (χ1v) is 11.4. The summed E-state index contributed by atoms with van der Waals surface area (Å²) in [6.07, 6.45) is 2.03. The number of benzene rings is 2. The predicted octanol–water partition coefficient (Wildman–Crippen LogP) is 2.84. The van der Waals surface area contributed by atoms with Gasteiger partial charge in [-0.25, -0.2) is 12.8 Å². The second-order valence-electron chi connectivity index (χ2n) is 6.28. The van der Waals surface area contributed by atoms with Crippen LogP contribution in [0.3, 0.4) is 0 Å². The van der Waals surface area contributed by atoms with Gasteiger partial charge in [0.05, 0.1) is 4.90 Å². The lowest BCUT2D eigenvalue weighted by molar-refractivity contribution is 0.0698. The molecule has 1 fully saturated rings. The van der Waals surface area contributed by atoms with Crippen LogP contribution in [-0.4, -0.2) is 56.0 Å². The molecule has 1 saturated heterocycles. The van der Waals surface area contributed by atoms with E-state index < -0.39 is 15.8 Å². The molecule has 1 amide bonds. The Bertz CT molecular complexity index is 892. The van der Waals surface area contributed by atoms with E-state index in [0.29, 0.717) is 18.7 Å². The normalized spacial score (nSPS) is 15.7. The van der Waals surface area contributed by atoms with Crippen molar-refractivity contribution >= 4 is 27.7 Å². The van der Waals surface area contributed by atoms with Crippen molar-refractivity contribution in [1.29, 1.82) is 0 Å². The number of carbonyl (C=O) groups is 1. The third kappa shape index (κ3) is 4.51. The number of halogens is 1. The van der Waals surface area contributed by atoms with Gasteiger partial charge in [0, 0.05) is 37.5 Å². The van der Waals surface area contributed by atoms with Gasteiger partial charge < -0.3 is 4.90 Å². The third-order valence-electron chi connectivity index (χ3n) is 4.49. The molecule has 2 aromatic rings. The van der Waals surface area contributed by atoms with Gasteiger partial charge in [0.1, 0.15) is 5.82 Å². The number of hydrogen-bond acceptors (Lipinski definition) is 4. The highest BCUT2D eigenvalue weighted by atomic mass is 32.2. The monoisotopic (exact) mass is 408 g/mol. The molecule has 0 aliphatic carbocycles. The molecule has 0 saturated carbocycles. The Morgan fingerprint density at radius 2 is 1.59 bits per heavy atom. The van der Waals surface area contributed by atoms with Gasteiger partial charge in [0.15, 0.2) is 0 Å². The van der Waals surface area contributed by atoms with E-state index in [9.17, 15) is 17.6 Å². The first kappa shape index (κ1) is 19.9. The Balaban J connectivity index is 1.64. The summed E-state index contributed by atoms with van der Waals surface area (Å²) >= 11 is 1.72. The van der Waals surface area contributed by atoms with Crippen molar-refractivity contribution in [2.45, 2.75) is 10.6 Å². The van der Waals surface area contributed by atoms with Crippen molar-refractivity contribution in [2.24, 2.45) is 0 Å². The maximum atomic E-state index is 13.0. The lowest BCUT2D eigenvalue weighted by Gasteiger charge is -2.34. The van der Waals surface area contributed by atoms with E-state index in [1.54, 1.807) is 16.7 Å². The average molecular weight is 409 g/mol. The zero-order valence-corrected chi connectivity index (χ0v) is 16.6. The lowest BCUT2D eigenvalue weighted by Crippen LogP contribution is -2.50. The fourth-order valence-corrected chi connectivity index (χ4v) is 4.93. The second kappa shape index (κ2) is 8.41. The molecule has 1 heterocycles. The largest absolute Gasteiger partial charge is 0.336 e. The van der Waals surface area contributed by atoms with Gasteiger partial charge in [-0.2, -0.15) is 16.1 Å². The van der Waals surface area contributed by atoms with Crippen LogP contribution in [0.1, 0.15) is 15.9 Å². The molecule has 144 valence electrons. The van der Waals surface area contributed by atoms with E-state index in [1.165, 1.54) is 16.4 Å². The van der Waals surface area contributed by atoms with E-state index in [0.717, 1.165) is 23.4 Å². The smallest absolute Gasteiger partial charge is 0.253 e. The molecule has 3 rings (SSSR count). The fraction of sp³-hybridized carbons (Fsp3) is 0.316. The Morgan fingerprint density at radius 1 is 1.00 bits per heavy atom. The van der Waals surface area contributed by atoms with E-state index >= 15 is 0 Å². The zero-order chi connectivity index (χ0) is 19.4. The Labute approximate surface area is 163 Å². The highest BCUT2D eigenvalue weighted by Gasteiger charge is 2.30. The van der Waals surface area contributed by atoms with E-state index in [4.69, 9.17) is 0 Å². The number of hydrogen-bond donors (Lipinski definition) is 0. The van der Waals surface area contributed by atoms with Crippen LogP contribution in [0.2, 0.25) is 0 Å². The minimum absolute atomic E-state index is 0.0630. The molecule has 27 heavy (non-hydrogen) atoms. The van der Waals surface area contributed by atoms with Crippen LogP contribution in [-0.2, 0) is 15.8 Å². The summed E-state index contributed by atoms with van der Waals surface area (Å²) in [5.74, 6) is 0.325. The van der Waals surface area contributed by atoms with Gasteiger partial charge in [0.2, 0.25) is 10.0 Å². The van der Waals surface area contributed by atoms with Gasteiger partial charge in [0.25, 0.3) is 5.91 Å². The molecule has 0 unspecified atom stereocenters. The predicted molar refractivity (Wildman–Crippen MR) is 105 cm³/mol. The number of amides is 1. The first-order chi connectivity index (χ1) is 12.9. The van der Waals surface area contributed by atoms with Crippen LogP contribution in [0, 0.1) is 5.82 Å². The fourth-order valence-electron chi connectivity index (χ4n) is 2.98. The molecule has 0 bridgehead atoms. The summed E-state index contributed by atoms with van der Waals surface area (Å²) < 4.78 is 39.7. The molecule has 2 aromatic carbocycles. The van der Waals surface area contributed by atoms with Gasteiger partial charge in [-0.05, 0) is 48.2 Å². The summed E-state index contributed by atoms with van der Waals surface area (Å²) in [6.45, 7) is 1.09. The minimum atomic E-state index is -3.68. The molecular formula is C19H21FN2O3S2. The van der Waals surface area contributed by atoms with E-state index in [-0.39, 0.29) is 23.9 Å². The summed E-state index contributed by atoms with van der Waals surface area (Å²) in [5.41, 5.74) is 1.77. The lowest BCUT2D eigenvalue weighted by atomic mass is 10.1. The van der Waals surface area contributed by atoms with Crippen LogP contribution < -0.4 is 0 Å². The van der Waals surface area contributed by atoms with Crippen LogP contribution in [0.5, 0.6) is 0 Å². The number of piperazine rings is 1. The van der Waals surface area contributed by atoms with Crippen LogP contribution in [0.15, 0.2) is 53.4 Å². The number of rotatable bonds is 5. The van der Waals surface area contributed by atoms with Crippen molar-refractivity contribution in [3.63, 3.8) is 0 Å². The second-order valence-corrected chi connectivity index (χ2v) is 9.08. The van der Waals surface area contributed by atoms with Gasteiger partial charge >= 0.3 is 0 Å². The van der Waals surface area contributed by atoms with E-state index in [2.05, 4.69) is 0 Å². The Kier molecular flexibility index (Phi) is 6.18. The molecule has 8 heteroatoms. The van der Waals surface area contributed by atoms with Crippen molar-refractivity contribution in [2.75, 3.05) is 32.4 Å². The average Bonchev–Trinajstić information content (AvgIpc) is 2.69. The molecule has 1 aliphatic heterocycles. The number of thioether (sulfide) groups is 1. The number of carbonyl (C=O) groups excluding carboxylic acids is 1. The molecular weight excluding hydrogens is 387 g/mol. The molecule has 0 radical (unpaired) electrons. The van der Waals surface area contributed by atoms with Crippen LogP contribution in [0.4, 0.5) is 4.39 Å². The summed E-state index contributed by atoms with van der Waals surface area (Å²) in [4.78, 5) is 14.4. The quantitative estimate of drug-likeness (QED) is 0.763. The van der Waals surface area contributed by atoms with Crippen molar-refractivity contribution in [3.8, 4) is 0 Å². The first-order valence-electron chi connectivity index (χ1n) is 8.54. The molecule has 0 atom stereocenters. The maximum Gasteiger partial charge on any atom is 0.253 e. The highest BCUT2D eigenvalue weighted by Crippen LogP contribution is 2.19. The molecule has 0 aromatic heterocycles. The molecule has 1 aliphatic rings. The maximum absolute atomic E-state index is 13.0. The molecule has 5 nitrogen and oxygen atoms in total. The van der Waals surface area contributed by atoms with Crippen LogP contribution in [0.25, 0.3) is 0 Å². The third-order valence-corrected chi connectivity index (χ3v) is 7.02. The van der Waals surface area contributed by atoms with Crippen molar-refractivity contribution < 1.29 is 17.6 Å². The topological polar surface area (TPSA) is 57.7 Å². The van der Waals surface area contributed by atoms with Gasteiger partial charge in [-0.1, -0.05) is 12.1 Å². The molecule has 0 N–H and O–H groups in total. The zero-order valence-electron chi connectivity index (χ0n) is 15.0. The summed E-state index contributed by atoms with van der Waals surface area (Å²) in [6, 6.07) is 12.3. The highest BCUT2D eigenvalue weighted by molar-refractivity contribution is 7.97. The SMILES string of the molecule is CSCc1ccc(C(=O)N2CCN(S(=O)(=O)c3ccc(F)cc3)CC2)cc1. The summed E-state index contributed by atoms with van der Waals surface area (Å²) in [7, 11) is -3.68. The Hall–Kier alpha value is -1.90. The molecule has 0 spiro atoms. The summed E-state index contributed by atoms with van der Waals surface area (Å²) in [5, 5.41) is 0. The van der Waals surface area contributed by atoms with Crippen molar-refractivity contribution in [3.05, 3.63) is 65.5 Å². The van der Waals surface area contributed by atoms with Crippen molar-refractivity contribution in [1.82, 2.24) is 9.21 Å². The standard InChI is InChI=1S/C19H21FN2O3S2/c1-26-14-15-2-4-16(5-3-15)19(23)21-10-12-22(13-11-21)27(24,25)18-8-6-17(20)7-9-18/h2-9H,10-14H2,1H3. The minimum Gasteiger partial charge on any atom is -0.336 e. The number of sulfonamides is 1. The van der Waals surface area contributed by atoms with Gasteiger partial charge in [-0.15, -0.1) is 0 Å². The van der Waals surface area contributed by atoms with E-state index in [1.807, 2.05) is 30.5 Å². The van der Waals surface area contributed by atoms with Gasteiger partial charge in [-0.3, -0.25) is 4.79 Å². The Morgan fingerprint density at radius 3 is 2.15 bits per heavy atom.